The van der Waals surface area contributed by atoms with Gasteiger partial charge >= 0.3 is 0 Å². The van der Waals surface area contributed by atoms with E-state index in [1.165, 1.54) is 0 Å². The maximum Gasteiger partial charge on any atom is 0.172 e. The van der Waals surface area contributed by atoms with Crippen LogP contribution in [0.5, 0.6) is 0 Å². The van der Waals surface area contributed by atoms with Gasteiger partial charge in [-0.1, -0.05) is 19.6 Å². The van der Waals surface area contributed by atoms with Gasteiger partial charge in [0.25, 0.3) is 0 Å². The van der Waals surface area contributed by atoms with Gasteiger partial charge in [-0.25, -0.2) is 0 Å². The molecule has 0 aromatic rings. The van der Waals surface area contributed by atoms with Crippen LogP contribution in [0.25, 0.3) is 0 Å². The number of hydrogen-bond donors (Lipinski definition) is 1. The summed E-state index contributed by atoms with van der Waals surface area (Å²) in [6.07, 6.45) is 0. The van der Waals surface area contributed by atoms with Crippen molar-refractivity contribution in [2.75, 3.05) is 0 Å². The highest BCUT2D eigenvalue weighted by atomic mass is 28.3. The SMILES string of the molecule is C[SiH](C)OC(C)(N)[Si](C)(C)C. The van der Waals surface area contributed by atoms with E-state index < -0.39 is 17.1 Å². The molecule has 0 fully saturated rings. The van der Waals surface area contributed by atoms with Crippen LogP contribution in [0.4, 0.5) is 0 Å². The molecule has 0 saturated carbocycles. The summed E-state index contributed by atoms with van der Waals surface area (Å²) in [4.78, 5) is 0. The summed E-state index contributed by atoms with van der Waals surface area (Å²) < 4.78 is 5.78. The molecule has 1 atom stereocenters. The summed E-state index contributed by atoms with van der Waals surface area (Å²) in [5, 5.41) is -0.340. The average molecular weight is 191 g/mol. The molecule has 0 aliphatic rings. The minimum absolute atomic E-state index is 0.340. The summed E-state index contributed by atoms with van der Waals surface area (Å²) in [5.74, 6) is 0. The lowest BCUT2D eigenvalue weighted by Gasteiger charge is -2.38. The van der Waals surface area contributed by atoms with Crippen molar-refractivity contribution in [1.82, 2.24) is 0 Å². The fourth-order valence-electron chi connectivity index (χ4n) is 0.666. The second kappa shape index (κ2) is 3.39. The predicted octanol–water partition coefficient (Wildman–Crippen LogP) is 1.54. The van der Waals surface area contributed by atoms with Gasteiger partial charge in [-0.3, -0.25) is 0 Å². The van der Waals surface area contributed by atoms with Gasteiger partial charge in [0, 0.05) is 0 Å². The molecular formula is C7H21NOSi2. The first kappa shape index (κ1) is 11.4. The van der Waals surface area contributed by atoms with Crippen molar-refractivity contribution < 1.29 is 4.43 Å². The van der Waals surface area contributed by atoms with Gasteiger partial charge < -0.3 is 10.2 Å². The Balaban J connectivity index is 4.22. The minimum atomic E-state index is -1.36. The Labute approximate surface area is 72.9 Å². The quantitative estimate of drug-likeness (QED) is 0.542. The molecule has 0 radical (unpaired) electrons. The summed E-state index contributed by atoms with van der Waals surface area (Å²) in [5.41, 5.74) is 6.07. The molecule has 11 heavy (non-hydrogen) atoms. The highest BCUT2D eigenvalue weighted by molar-refractivity contribution is 6.79. The Morgan fingerprint density at radius 2 is 1.64 bits per heavy atom. The highest BCUT2D eigenvalue weighted by Crippen LogP contribution is 2.19. The molecule has 0 aromatic heterocycles. The van der Waals surface area contributed by atoms with E-state index in [2.05, 4.69) is 32.7 Å². The largest absolute Gasteiger partial charge is 0.407 e. The van der Waals surface area contributed by atoms with Gasteiger partial charge in [-0.2, -0.15) is 0 Å². The third kappa shape index (κ3) is 3.51. The Morgan fingerprint density at radius 3 is 1.73 bits per heavy atom. The standard InChI is InChI=1S/C7H21NOSi2/c1-7(8,9-10(2)3)11(4,5)6/h10H,8H2,1-6H3. The molecule has 0 spiro atoms. The third-order valence-corrected chi connectivity index (χ3v) is 6.26. The van der Waals surface area contributed by atoms with E-state index in [1.54, 1.807) is 0 Å². The molecule has 0 amide bonds. The zero-order valence-corrected chi connectivity index (χ0v) is 10.7. The monoisotopic (exact) mass is 191 g/mol. The van der Waals surface area contributed by atoms with Crippen LogP contribution in [0.3, 0.4) is 0 Å². The fourth-order valence-corrected chi connectivity index (χ4v) is 3.77. The molecule has 0 aromatic carbocycles. The van der Waals surface area contributed by atoms with Crippen molar-refractivity contribution >= 4 is 17.1 Å². The second-order valence-electron chi connectivity index (χ2n) is 4.52. The van der Waals surface area contributed by atoms with Gasteiger partial charge in [-0.15, -0.1) is 0 Å². The Kier molecular flexibility index (Phi) is 3.50. The van der Waals surface area contributed by atoms with E-state index in [-0.39, 0.29) is 5.35 Å². The molecule has 2 N–H and O–H groups in total. The Morgan fingerprint density at radius 1 is 1.27 bits per heavy atom. The van der Waals surface area contributed by atoms with E-state index in [0.29, 0.717) is 0 Å². The van der Waals surface area contributed by atoms with Crippen LogP contribution < -0.4 is 5.73 Å². The minimum Gasteiger partial charge on any atom is -0.407 e. The molecule has 0 aliphatic heterocycles. The van der Waals surface area contributed by atoms with Crippen molar-refractivity contribution in [1.29, 1.82) is 0 Å². The maximum absolute atomic E-state index is 6.07. The van der Waals surface area contributed by atoms with Crippen LogP contribution in [0, 0.1) is 0 Å². The molecule has 0 bridgehead atoms. The molecule has 4 heteroatoms. The predicted molar refractivity (Wildman–Crippen MR) is 55.9 cm³/mol. The van der Waals surface area contributed by atoms with Crippen LogP contribution in [0.1, 0.15) is 6.92 Å². The normalized spacial score (nSPS) is 18.5. The summed E-state index contributed by atoms with van der Waals surface area (Å²) in [6.45, 7) is 13.1. The van der Waals surface area contributed by atoms with Gasteiger partial charge in [-0.05, 0) is 20.0 Å². The van der Waals surface area contributed by atoms with Crippen molar-refractivity contribution in [2.24, 2.45) is 5.73 Å². The van der Waals surface area contributed by atoms with Gasteiger partial charge in [0.15, 0.2) is 9.04 Å². The summed E-state index contributed by atoms with van der Waals surface area (Å²) >= 11 is 0. The van der Waals surface area contributed by atoms with Crippen molar-refractivity contribution in [2.45, 2.75) is 45.0 Å². The zero-order chi connectivity index (χ0) is 9.28. The lowest BCUT2D eigenvalue weighted by Crippen LogP contribution is -2.60. The fraction of sp³-hybridized carbons (Fsp3) is 1.00. The zero-order valence-electron chi connectivity index (χ0n) is 8.56. The third-order valence-electron chi connectivity index (χ3n) is 1.97. The van der Waals surface area contributed by atoms with Crippen LogP contribution in [-0.2, 0) is 4.43 Å². The molecule has 68 valence electrons. The Hall–Kier alpha value is 0.354. The van der Waals surface area contributed by atoms with Gasteiger partial charge in [0.2, 0.25) is 0 Å². The van der Waals surface area contributed by atoms with E-state index >= 15 is 0 Å². The van der Waals surface area contributed by atoms with E-state index in [9.17, 15) is 0 Å². The van der Waals surface area contributed by atoms with Crippen molar-refractivity contribution in [3.8, 4) is 0 Å². The molecule has 0 heterocycles. The van der Waals surface area contributed by atoms with Crippen LogP contribution in [0.15, 0.2) is 0 Å². The first-order valence-corrected chi connectivity index (χ1v) is 10.4. The lowest BCUT2D eigenvalue weighted by molar-refractivity contribution is 0.174. The smallest absolute Gasteiger partial charge is 0.172 e. The molecule has 0 rings (SSSR count). The van der Waals surface area contributed by atoms with E-state index in [1.807, 2.05) is 6.92 Å². The average Bonchev–Trinajstić information content (AvgIpc) is 1.56. The van der Waals surface area contributed by atoms with Crippen LogP contribution in [-0.4, -0.2) is 22.5 Å². The first-order chi connectivity index (χ1) is 4.67. The summed E-state index contributed by atoms with van der Waals surface area (Å²) in [7, 11) is -2.34. The van der Waals surface area contributed by atoms with Crippen LogP contribution >= 0.6 is 0 Å². The van der Waals surface area contributed by atoms with Gasteiger partial charge in [0.05, 0.1) is 13.4 Å². The highest BCUT2D eigenvalue weighted by Gasteiger charge is 2.36. The Bertz CT molecular complexity index is 129. The first-order valence-electron chi connectivity index (χ1n) is 4.13. The molecule has 0 saturated heterocycles. The molecule has 2 nitrogen and oxygen atoms in total. The molecule has 0 aliphatic carbocycles. The topological polar surface area (TPSA) is 35.2 Å². The maximum atomic E-state index is 6.07. The number of hydrogen-bond acceptors (Lipinski definition) is 2. The summed E-state index contributed by atoms with van der Waals surface area (Å²) in [6, 6.07) is 0. The van der Waals surface area contributed by atoms with E-state index in [0.717, 1.165) is 0 Å². The van der Waals surface area contributed by atoms with Crippen LogP contribution in [0.2, 0.25) is 32.7 Å². The van der Waals surface area contributed by atoms with Crippen molar-refractivity contribution in [3.63, 3.8) is 0 Å². The van der Waals surface area contributed by atoms with E-state index in [4.69, 9.17) is 10.2 Å². The molecular weight excluding hydrogens is 170 g/mol. The number of nitrogens with two attached hydrogens (primary N) is 1. The lowest BCUT2D eigenvalue weighted by atomic mass is 10.7. The molecule has 1 unspecified atom stereocenters. The van der Waals surface area contributed by atoms with Gasteiger partial charge in [0.1, 0.15) is 0 Å². The van der Waals surface area contributed by atoms with Crippen molar-refractivity contribution in [3.05, 3.63) is 0 Å². The second-order valence-corrected chi connectivity index (χ2v) is 12.3. The number of rotatable bonds is 3.